The minimum atomic E-state index is 0.00901. The van der Waals surface area contributed by atoms with E-state index in [-0.39, 0.29) is 11.6 Å². The van der Waals surface area contributed by atoms with Crippen molar-refractivity contribution in [1.29, 1.82) is 0 Å². The fraction of sp³-hybridized carbons (Fsp3) is 0.231. The molecule has 1 atom stereocenters. The largest absolute Gasteiger partial charge is 0.307 e. The van der Waals surface area contributed by atoms with Crippen LogP contribution in [0.5, 0.6) is 0 Å². The van der Waals surface area contributed by atoms with Gasteiger partial charge in [-0.05, 0) is 42.6 Å². The Hall–Kier alpha value is -3.24. The molecule has 0 radical (unpaired) electrons. The van der Waals surface area contributed by atoms with Crippen molar-refractivity contribution in [3.63, 3.8) is 0 Å². The molecular formula is C26H27N3O. The van der Waals surface area contributed by atoms with Crippen molar-refractivity contribution in [2.45, 2.75) is 32.4 Å². The van der Waals surface area contributed by atoms with Crippen LogP contribution in [0.15, 0.2) is 89.7 Å². The van der Waals surface area contributed by atoms with Crippen molar-refractivity contribution in [1.82, 2.24) is 14.9 Å². The van der Waals surface area contributed by atoms with Crippen molar-refractivity contribution in [3.05, 3.63) is 112 Å². The fourth-order valence-electron chi connectivity index (χ4n) is 3.82. The van der Waals surface area contributed by atoms with E-state index in [9.17, 15) is 4.79 Å². The molecule has 0 saturated carbocycles. The topological polar surface area (TPSA) is 46.9 Å². The van der Waals surface area contributed by atoms with Gasteiger partial charge in [0.15, 0.2) is 0 Å². The molecule has 30 heavy (non-hydrogen) atoms. The number of aromatic nitrogens is 2. The fourth-order valence-corrected chi connectivity index (χ4v) is 3.82. The van der Waals surface area contributed by atoms with E-state index >= 15 is 0 Å². The van der Waals surface area contributed by atoms with E-state index in [0.29, 0.717) is 11.9 Å². The molecule has 4 rings (SSSR count). The lowest BCUT2D eigenvalue weighted by atomic mass is 10.1. The molecule has 0 aliphatic rings. The van der Waals surface area contributed by atoms with E-state index < -0.39 is 0 Å². The Kier molecular flexibility index (Phi) is 6.35. The molecule has 0 unspecified atom stereocenters. The summed E-state index contributed by atoms with van der Waals surface area (Å²) in [6, 6.07) is 28.2. The van der Waals surface area contributed by atoms with Crippen LogP contribution in [0, 0.1) is 0 Å². The summed E-state index contributed by atoms with van der Waals surface area (Å²) in [6.45, 7) is 3.48. The Morgan fingerprint density at radius 2 is 1.50 bits per heavy atom. The molecule has 0 amide bonds. The van der Waals surface area contributed by atoms with Gasteiger partial charge in [0.2, 0.25) is 0 Å². The van der Waals surface area contributed by atoms with Gasteiger partial charge in [-0.2, -0.15) is 0 Å². The van der Waals surface area contributed by atoms with Crippen molar-refractivity contribution in [2.75, 3.05) is 6.54 Å². The Bertz CT molecular complexity index is 1150. The summed E-state index contributed by atoms with van der Waals surface area (Å²) >= 11 is 0. The molecule has 0 aliphatic carbocycles. The maximum Gasteiger partial charge on any atom is 0.261 e. The Morgan fingerprint density at radius 3 is 2.20 bits per heavy atom. The van der Waals surface area contributed by atoms with Crippen LogP contribution >= 0.6 is 0 Å². The first kappa shape index (κ1) is 20.0. The smallest absolute Gasteiger partial charge is 0.261 e. The second kappa shape index (κ2) is 9.51. The van der Waals surface area contributed by atoms with Gasteiger partial charge in [0.05, 0.1) is 23.5 Å². The van der Waals surface area contributed by atoms with Gasteiger partial charge in [0, 0.05) is 0 Å². The quantitative estimate of drug-likeness (QED) is 0.468. The molecule has 0 saturated heterocycles. The van der Waals surface area contributed by atoms with Crippen LogP contribution in [0.2, 0.25) is 0 Å². The van der Waals surface area contributed by atoms with Gasteiger partial charge in [0.1, 0.15) is 5.82 Å². The van der Waals surface area contributed by atoms with Gasteiger partial charge >= 0.3 is 0 Å². The summed E-state index contributed by atoms with van der Waals surface area (Å²) in [7, 11) is 0. The highest BCUT2D eigenvalue weighted by Gasteiger charge is 2.18. The van der Waals surface area contributed by atoms with E-state index in [0.717, 1.165) is 36.3 Å². The molecule has 4 heteroatoms. The van der Waals surface area contributed by atoms with E-state index in [4.69, 9.17) is 4.98 Å². The van der Waals surface area contributed by atoms with E-state index in [2.05, 4.69) is 48.6 Å². The summed E-state index contributed by atoms with van der Waals surface area (Å²) in [5, 5.41) is 4.29. The van der Waals surface area contributed by atoms with Crippen LogP contribution in [-0.4, -0.2) is 16.1 Å². The second-order valence-corrected chi connectivity index (χ2v) is 7.51. The van der Waals surface area contributed by atoms with Crippen molar-refractivity contribution in [3.8, 4) is 0 Å². The number of benzene rings is 3. The Labute approximate surface area is 177 Å². The van der Waals surface area contributed by atoms with Crippen LogP contribution < -0.4 is 10.9 Å². The van der Waals surface area contributed by atoms with Crippen molar-refractivity contribution >= 4 is 10.9 Å². The summed E-state index contributed by atoms with van der Waals surface area (Å²) < 4.78 is 1.83. The van der Waals surface area contributed by atoms with Crippen LogP contribution in [0.4, 0.5) is 0 Å². The lowest BCUT2D eigenvalue weighted by molar-refractivity contribution is 0.470. The number of para-hydroxylation sites is 1. The predicted molar refractivity (Wildman–Crippen MR) is 123 cm³/mol. The summed E-state index contributed by atoms with van der Waals surface area (Å²) in [5.74, 6) is 0.804. The molecule has 1 N–H and O–H groups in total. The van der Waals surface area contributed by atoms with Gasteiger partial charge in [0.25, 0.3) is 5.56 Å². The lowest BCUT2D eigenvalue weighted by Crippen LogP contribution is -2.33. The summed E-state index contributed by atoms with van der Waals surface area (Å²) in [4.78, 5) is 18.3. The van der Waals surface area contributed by atoms with Gasteiger partial charge in [-0.25, -0.2) is 4.98 Å². The standard InChI is InChI=1S/C26H27N3O/c1-2-23(27-18-17-20-11-5-3-6-12-20)25-28-24-16-10-9-15-22(24)26(30)29(25)19-21-13-7-4-8-14-21/h3-16,23,27H,2,17-19H2,1H3/t23-/m1/s1. The van der Waals surface area contributed by atoms with Crippen LogP contribution in [-0.2, 0) is 13.0 Å². The summed E-state index contributed by atoms with van der Waals surface area (Å²) in [6.07, 6.45) is 1.79. The number of rotatable bonds is 8. The minimum Gasteiger partial charge on any atom is -0.307 e. The highest BCUT2D eigenvalue weighted by atomic mass is 16.1. The van der Waals surface area contributed by atoms with Crippen molar-refractivity contribution < 1.29 is 0 Å². The SMILES string of the molecule is CC[C@@H](NCCc1ccccc1)c1nc2ccccc2c(=O)n1Cc1ccccc1. The molecule has 0 fully saturated rings. The van der Waals surface area contributed by atoms with Crippen LogP contribution in [0.25, 0.3) is 10.9 Å². The summed E-state index contributed by atoms with van der Waals surface area (Å²) in [5.41, 5.74) is 3.16. The zero-order chi connectivity index (χ0) is 20.8. The third kappa shape index (κ3) is 4.50. The highest BCUT2D eigenvalue weighted by molar-refractivity contribution is 5.77. The third-order valence-corrected chi connectivity index (χ3v) is 5.44. The maximum atomic E-state index is 13.4. The first-order valence-corrected chi connectivity index (χ1v) is 10.6. The zero-order valence-corrected chi connectivity index (χ0v) is 17.3. The van der Waals surface area contributed by atoms with Gasteiger partial charge in [-0.3, -0.25) is 9.36 Å². The Balaban J connectivity index is 1.67. The molecule has 1 heterocycles. The molecular weight excluding hydrogens is 370 g/mol. The first-order valence-electron chi connectivity index (χ1n) is 10.6. The average molecular weight is 398 g/mol. The molecule has 1 aromatic heterocycles. The normalized spacial score (nSPS) is 12.2. The number of nitrogens with zero attached hydrogens (tertiary/aromatic N) is 2. The molecule has 0 bridgehead atoms. The number of fused-ring (bicyclic) bond motifs is 1. The van der Waals surface area contributed by atoms with Gasteiger partial charge < -0.3 is 5.32 Å². The molecule has 4 aromatic rings. The number of hydrogen-bond donors (Lipinski definition) is 1. The molecule has 152 valence electrons. The Morgan fingerprint density at radius 1 is 0.867 bits per heavy atom. The van der Waals surface area contributed by atoms with Crippen LogP contribution in [0.3, 0.4) is 0 Å². The molecule has 4 nitrogen and oxygen atoms in total. The maximum absolute atomic E-state index is 13.4. The minimum absolute atomic E-state index is 0.00901. The van der Waals surface area contributed by atoms with Gasteiger partial charge in [-0.15, -0.1) is 0 Å². The van der Waals surface area contributed by atoms with Crippen LogP contribution in [0.1, 0.15) is 36.3 Å². The van der Waals surface area contributed by atoms with E-state index in [1.165, 1.54) is 5.56 Å². The second-order valence-electron chi connectivity index (χ2n) is 7.51. The van der Waals surface area contributed by atoms with E-state index in [1.807, 2.05) is 53.1 Å². The van der Waals surface area contributed by atoms with Crippen molar-refractivity contribution in [2.24, 2.45) is 0 Å². The molecule has 3 aromatic carbocycles. The number of nitrogens with one attached hydrogen (secondary N) is 1. The first-order chi connectivity index (χ1) is 14.8. The number of hydrogen-bond acceptors (Lipinski definition) is 3. The molecule has 0 spiro atoms. The monoisotopic (exact) mass is 397 g/mol. The highest BCUT2D eigenvalue weighted by Crippen LogP contribution is 2.18. The lowest BCUT2D eigenvalue weighted by Gasteiger charge is -2.22. The third-order valence-electron chi connectivity index (χ3n) is 5.44. The molecule has 0 aliphatic heterocycles. The average Bonchev–Trinajstić information content (AvgIpc) is 2.80. The predicted octanol–water partition coefficient (Wildman–Crippen LogP) is 4.73. The van der Waals surface area contributed by atoms with E-state index in [1.54, 1.807) is 0 Å². The van der Waals surface area contributed by atoms with Gasteiger partial charge in [-0.1, -0.05) is 79.7 Å². The zero-order valence-electron chi connectivity index (χ0n) is 17.3.